The van der Waals surface area contributed by atoms with E-state index >= 15 is 0 Å². The van der Waals surface area contributed by atoms with Gasteiger partial charge in [0.15, 0.2) is 0 Å². The van der Waals surface area contributed by atoms with Crippen LogP contribution in [0.25, 0.3) is 11.3 Å². The molecule has 0 amide bonds. The van der Waals surface area contributed by atoms with Crippen LogP contribution < -0.4 is 9.64 Å². The molecule has 2 heterocycles. The van der Waals surface area contributed by atoms with Crippen molar-refractivity contribution in [2.24, 2.45) is 0 Å². The van der Waals surface area contributed by atoms with Crippen molar-refractivity contribution in [3.63, 3.8) is 0 Å². The lowest BCUT2D eigenvalue weighted by atomic mass is 9.96. The summed E-state index contributed by atoms with van der Waals surface area (Å²) in [5, 5.41) is 23.7. The number of ether oxygens (including phenoxy) is 1. The Labute approximate surface area is 178 Å². The largest absolute Gasteiger partial charge is 0.496 e. The molecule has 0 unspecified atom stereocenters. The molecule has 0 saturated carbocycles. The first kappa shape index (κ1) is 19.9. The number of piperidine rings is 1. The normalized spacial score (nSPS) is 14.3. The van der Waals surface area contributed by atoms with Crippen LogP contribution in [0.1, 0.15) is 29.3 Å². The smallest absolute Gasteiger partial charge is 0.292 e. The van der Waals surface area contributed by atoms with Gasteiger partial charge in [0.1, 0.15) is 11.4 Å². The predicted octanol–water partition coefficient (Wildman–Crippen LogP) is 4.98. The Bertz CT molecular complexity index is 1110. The molecule has 1 aromatic heterocycles. The lowest BCUT2D eigenvalue weighted by Gasteiger charge is -2.32. The summed E-state index contributed by atoms with van der Waals surface area (Å²) in [6.07, 6.45) is 1.71. The quantitative estimate of drug-likeness (QED) is 0.427. The van der Waals surface area contributed by atoms with Crippen LogP contribution >= 0.6 is 11.3 Å². The van der Waals surface area contributed by atoms with E-state index in [1.807, 2.05) is 29.2 Å². The first-order valence-corrected chi connectivity index (χ1v) is 10.5. The van der Waals surface area contributed by atoms with Crippen LogP contribution in [0.5, 0.6) is 5.75 Å². The van der Waals surface area contributed by atoms with Crippen LogP contribution in [0.2, 0.25) is 0 Å². The zero-order chi connectivity index (χ0) is 21.1. The van der Waals surface area contributed by atoms with Gasteiger partial charge in [-0.2, -0.15) is 5.26 Å². The fourth-order valence-electron chi connectivity index (χ4n) is 3.82. The summed E-state index contributed by atoms with van der Waals surface area (Å²) >= 11 is 1.64. The van der Waals surface area contributed by atoms with E-state index in [9.17, 15) is 10.1 Å². The Kier molecular flexibility index (Phi) is 5.63. The number of aromatic nitrogens is 1. The van der Waals surface area contributed by atoms with Crippen LogP contribution in [0, 0.1) is 21.4 Å². The third-order valence-electron chi connectivity index (χ3n) is 5.39. The van der Waals surface area contributed by atoms with Crippen LogP contribution in [0.4, 0.5) is 11.4 Å². The van der Waals surface area contributed by atoms with Crippen LogP contribution in [-0.4, -0.2) is 30.1 Å². The second-order valence-electron chi connectivity index (χ2n) is 7.10. The van der Waals surface area contributed by atoms with Gasteiger partial charge in [0.05, 0.1) is 34.4 Å². The van der Waals surface area contributed by atoms with E-state index < -0.39 is 0 Å². The van der Waals surface area contributed by atoms with Gasteiger partial charge in [-0.05, 0) is 37.1 Å². The summed E-state index contributed by atoms with van der Waals surface area (Å²) in [7, 11) is 1.66. The Hall–Kier alpha value is -3.44. The highest BCUT2D eigenvalue weighted by Crippen LogP contribution is 2.38. The van der Waals surface area contributed by atoms with E-state index in [1.54, 1.807) is 24.5 Å². The molecule has 4 rings (SSSR count). The minimum atomic E-state index is -0.386. The number of hydrogen-bond donors (Lipinski definition) is 0. The third-order valence-corrected chi connectivity index (χ3v) is 6.40. The van der Waals surface area contributed by atoms with Gasteiger partial charge in [-0.3, -0.25) is 10.1 Å². The van der Waals surface area contributed by atoms with Gasteiger partial charge in [0, 0.05) is 36.0 Å². The molecule has 1 fully saturated rings. The Balaban J connectivity index is 1.51. The molecule has 0 spiro atoms. The highest BCUT2D eigenvalue weighted by atomic mass is 32.1. The summed E-state index contributed by atoms with van der Waals surface area (Å²) in [6.45, 7) is 1.37. The standard InChI is InChI=1S/C22H20N4O3S/c1-29-21-5-3-2-4-17(21)18-14-30-22(24-18)16-8-10-25(11-9-16)20-12-15(13-23)6-7-19(20)26(27)28/h2-7,12,14,16H,8-11H2,1H3. The lowest BCUT2D eigenvalue weighted by Crippen LogP contribution is -2.33. The maximum Gasteiger partial charge on any atom is 0.292 e. The number of para-hydroxylation sites is 1. The summed E-state index contributed by atoms with van der Waals surface area (Å²) in [5.74, 6) is 1.11. The van der Waals surface area contributed by atoms with E-state index in [2.05, 4.69) is 11.4 Å². The minimum Gasteiger partial charge on any atom is -0.496 e. The fourth-order valence-corrected chi connectivity index (χ4v) is 4.81. The second kappa shape index (κ2) is 8.51. The van der Waals surface area contributed by atoms with E-state index in [0.29, 0.717) is 30.3 Å². The van der Waals surface area contributed by atoms with Crippen molar-refractivity contribution < 1.29 is 9.66 Å². The molecule has 7 nitrogen and oxygen atoms in total. The molecule has 1 aliphatic rings. The Morgan fingerprint density at radius 3 is 2.73 bits per heavy atom. The van der Waals surface area contributed by atoms with Gasteiger partial charge in [-0.15, -0.1) is 11.3 Å². The maximum atomic E-state index is 11.4. The number of nitriles is 1. The molecule has 152 valence electrons. The number of methoxy groups -OCH3 is 1. The van der Waals surface area contributed by atoms with E-state index in [4.69, 9.17) is 15.0 Å². The molecule has 0 bridgehead atoms. The fraction of sp³-hybridized carbons (Fsp3) is 0.273. The molecule has 2 aromatic carbocycles. The second-order valence-corrected chi connectivity index (χ2v) is 7.99. The lowest BCUT2D eigenvalue weighted by molar-refractivity contribution is -0.384. The van der Waals surface area contributed by atoms with Crippen LogP contribution in [0.3, 0.4) is 0 Å². The molecule has 3 aromatic rings. The topological polar surface area (TPSA) is 92.3 Å². The third kappa shape index (κ3) is 3.84. The number of nitrogens with zero attached hydrogens (tertiary/aromatic N) is 4. The number of hydrogen-bond acceptors (Lipinski definition) is 7. The van der Waals surface area contributed by atoms with E-state index in [1.165, 1.54) is 12.1 Å². The number of benzene rings is 2. The molecular formula is C22H20N4O3S. The van der Waals surface area contributed by atoms with Crippen molar-refractivity contribution in [1.82, 2.24) is 4.98 Å². The van der Waals surface area contributed by atoms with Crippen molar-refractivity contribution in [3.8, 4) is 23.1 Å². The SMILES string of the molecule is COc1ccccc1-c1csc(C2CCN(c3cc(C#N)ccc3[N+](=O)[O-])CC2)n1. The van der Waals surface area contributed by atoms with Gasteiger partial charge in [-0.1, -0.05) is 12.1 Å². The average molecular weight is 420 g/mol. The van der Waals surface area contributed by atoms with Crippen molar-refractivity contribution >= 4 is 22.7 Å². The summed E-state index contributed by atoms with van der Waals surface area (Å²) < 4.78 is 5.45. The summed E-state index contributed by atoms with van der Waals surface area (Å²) in [5.41, 5.74) is 2.88. The molecule has 1 aliphatic heterocycles. The first-order chi connectivity index (χ1) is 14.6. The van der Waals surface area contributed by atoms with Gasteiger partial charge in [0.2, 0.25) is 0 Å². The van der Waals surface area contributed by atoms with Gasteiger partial charge in [0.25, 0.3) is 5.69 Å². The molecule has 1 saturated heterocycles. The monoisotopic (exact) mass is 420 g/mol. The minimum absolute atomic E-state index is 0.0418. The van der Waals surface area contributed by atoms with Crippen LogP contribution in [0.15, 0.2) is 47.8 Å². The highest BCUT2D eigenvalue weighted by molar-refractivity contribution is 7.10. The number of anilines is 1. The molecular weight excluding hydrogens is 400 g/mol. The van der Waals surface area contributed by atoms with Crippen molar-refractivity contribution in [2.75, 3.05) is 25.1 Å². The van der Waals surface area contributed by atoms with Gasteiger partial charge < -0.3 is 9.64 Å². The predicted molar refractivity (Wildman–Crippen MR) is 116 cm³/mol. The maximum absolute atomic E-state index is 11.4. The summed E-state index contributed by atoms with van der Waals surface area (Å²) in [6, 6.07) is 14.4. The number of nitro groups is 1. The molecule has 8 heteroatoms. The van der Waals surface area contributed by atoms with Crippen LogP contribution in [-0.2, 0) is 0 Å². The zero-order valence-electron chi connectivity index (χ0n) is 16.4. The molecule has 30 heavy (non-hydrogen) atoms. The summed E-state index contributed by atoms with van der Waals surface area (Å²) in [4.78, 5) is 17.9. The molecule has 0 N–H and O–H groups in total. The molecule has 0 aliphatic carbocycles. The first-order valence-electron chi connectivity index (χ1n) is 9.63. The molecule has 0 atom stereocenters. The zero-order valence-corrected chi connectivity index (χ0v) is 17.3. The molecule has 0 radical (unpaired) electrons. The average Bonchev–Trinajstić information content (AvgIpc) is 3.28. The van der Waals surface area contributed by atoms with E-state index in [-0.39, 0.29) is 10.6 Å². The van der Waals surface area contributed by atoms with E-state index in [0.717, 1.165) is 34.9 Å². The van der Waals surface area contributed by atoms with Crippen molar-refractivity contribution in [3.05, 3.63) is 68.5 Å². The van der Waals surface area contributed by atoms with Crippen molar-refractivity contribution in [1.29, 1.82) is 5.26 Å². The highest BCUT2D eigenvalue weighted by Gasteiger charge is 2.27. The number of rotatable bonds is 5. The van der Waals surface area contributed by atoms with Gasteiger partial charge >= 0.3 is 0 Å². The van der Waals surface area contributed by atoms with Gasteiger partial charge in [-0.25, -0.2) is 4.98 Å². The Morgan fingerprint density at radius 1 is 1.27 bits per heavy atom. The Morgan fingerprint density at radius 2 is 2.03 bits per heavy atom. The van der Waals surface area contributed by atoms with Crippen molar-refractivity contribution in [2.45, 2.75) is 18.8 Å². The number of thiazole rings is 1. The number of nitro benzene ring substituents is 1.